The second-order valence-electron chi connectivity index (χ2n) is 6.73. The Bertz CT molecular complexity index is 895. The molecule has 3 heterocycles. The van der Waals surface area contributed by atoms with Gasteiger partial charge in [0.25, 0.3) is 0 Å². The Kier molecular flexibility index (Phi) is 5.19. The largest absolute Gasteiger partial charge is 0.339 e. The van der Waals surface area contributed by atoms with Crippen LogP contribution in [0.4, 0.5) is 10.6 Å². The van der Waals surface area contributed by atoms with E-state index in [1.807, 2.05) is 29.1 Å². The van der Waals surface area contributed by atoms with Crippen LogP contribution in [-0.4, -0.2) is 26.0 Å². The van der Waals surface area contributed by atoms with Gasteiger partial charge in [0, 0.05) is 10.4 Å². The summed E-state index contributed by atoms with van der Waals surface area (Å²) < 4.78 is 7.18. The van der Waals surface area contributed by atoms with Gasteiger partial charge in [-0.2, -0.15) is 10.1 Å². The predicted octanol–water partition coefficient (Wildman–Crippen LogP) is 3.66. The number of anilines is 1. The summed E-state index contributed by atoms with van der Waals surface area (Å²) in [5.74, 6) is 1.76. The first-order valence-electron chi connectivity index (χ1n) is 9.12. The van der Waals surface area contributed by atoms with Gasteiger partial charge in [0.15, 0.2) is 5.82 Å². The SMILES string of the molecule is Cc1cnn(C2CCCC2)c1NC(=O)NCc1noc(Cc2cccs2)n1. The number of nitrogens with one attached hydrogen (secondary N) is 2. The van der Waals surface area contributed by atoms with Crippen LogP contribution in [-0.2, 0) is 13.0 Å². The molecule has 4 rings (SSSR count). The molecular weight excluding hydrogens is 364 g/mol. The Labute approximate surface area is 161 Å². The fourth-order valence-electron chi connectivity index (χ4n) is 3.34. The van der Waals surface area contributed by atoms with E-state index in [0.29, 0.717) is 24.2 Å². The van der Waals surface area contributed by atoms with Crippen molar-refractivity contribution in [2.24, 2.45) is 0 Å². The smallest absolute Gasteiger partial charge is 0.320 e. The van der Waals surface area contributed by atoms with Gasteiger partial charge in [-0.3, -0.25) is 5.32 Å². The highest BCUT2D eigenvalue weighted by atomic mass is 32.1. The normalized spacial score (nSPS) is 14.6. The maximum atomic E-state index is 12.3. The van der Waals surface area contributed by atoms with Crippen molar-refractivity contribution in [1.29, 1.82) is 0 Å². The molecule has 0 aliphatic heterocycles. The number of thiophene rings is 1. The number of amides is 2. The van der Waals surface area contributed by atoms with E-state index in [0.717, 1.165) is 29.1 Å². The highest BCUT2D eigenvalue weighted by Gasteiger charge is 2.22. The Morgan fingerprint density at radius 2 is 2.26 bits per heavy atom. The monoisotopic (exact) mass is 386 g/mol. The second-order valence-corrected chi connectivity index (χ2v) is 7.76. The third-order valence-corrected chi connectivity index (χ3v) is 5.58. The van der Waals surface area contributed by atoms with Gasteiger partial charge < -0.3 is 9.84 Å². The summed E-state index contributed by atoms with van der Waals surface area (Å²) in [5, 5.41) is 16.1. The quantitative estimate of drug-likeness (QED) is 0.674. The zero-order valence-corrected chi connectivity index (χ0v) is 16.0. The molecule has 0 saturated heterocycles. The van der Waals surface area contributed by atoms with Crippen molar-refractivity contribution in [2.45, 2.75) is 51.6 Å². The van der Waals surface area contributed by atoms with Gasteiger partial charge in [-0.15, -0.1) is 11.3 Å². The summed E-state index contributed by atoms with van der Waals surface area (Å²) in [6.07, 6.45) is 7.03. The molecule has 8 nitrogen and oxygen atoms in total. The third-order valence-electron chi connectivity index (χ3n) is 4.70. The minimum atomic E-state index is -0.303. The van der Waals surface area contributed by atoms with Gasteiger partial charge in [0.2, 0.25) is 5.89 Å². The number of hydrogen-bond donors (Lipinski definition) is 2. The van der Waals surface area contributed by atoms with Crippen molar-refractivity contribution in [3.8, 4) is 0 Å². The lowest BCUT2D eigenvalue weighted by molar-refractivity contribution is 0.251. The summed E-state index contributed by atoms with van der Waals surface area (Å²) >= 11 is 1.64. The van der Waals surface area contributed by atoms with E-state index in [1.165, 1.54) is 12.8 Å². The molecule has 1 saturated carbocycles. The number of nitrogens with zero attached hydrogens (tertiary/aromatic N) is 4. The number of carbonyl (C=O) groups excluding carboxylic acids is 1. The first-order valence-corrected chi connectivity index (χ1v) is 10.00. The predicted molar refractivity (Wildman–Crippen MR) is 102 cm³/mol. The van der Waals surface area contributed by atoms with E-state index in [-0.39, 0.29) is 12.6 Å². The first-order chi connectivity index (χ1) is 13.2. The molecular formula is C18H22N6O2S. The van der Waals surface area contributed by atoms with Crippen LogP contribution in [0, 0.1) is 6.92 Å². The molecule has 9 heteroatoms. The molecule has 1 aliphatic rings. The summed E-state index contributed by atoms with van der Waals surface area (Å²) in [4.78, 5) is 17.8. The number of urea groups is 1. The first kappa shape index (κ1) is 17.7. The Morgan fingerprint density at radius 1 is 1.41 bits per heavy atom. The van der Waals surface area contributed by atoms with Gasteiger partial charge in [0.1, 0.15) is 5.82 Å². The van der Waals surface area contributed by atoms with Gasteiger partial charge in [-0.25, -0.2) is 9.48 Å². The van der Waals surface area contributed by atoms with Crippen molar-refractivity contribution in [3.63, 3.8) is 0 Å². The van der Waals surface area contributed by atoms with E-state index in [9.17, 15) is 4.79 Å². The highest BCUT2D eigenvalue weighted by Crippen LogP contribution is 2.32. The minimum Gasteiger partial charge on any atom is -0.339 e. The van der Waals surface area contributed by atoms with Crippen LogP contribution in [0.3, 0.4) is 0 Å². The van der Waals surface area contributed by atoms with E-state index >= 15 is 0 Å². The van der Waals surface area contributed by atoms with E-state index in [4.69, 9.17) is 4.52 Å². The van der Waals surface area contributed by atoms with E-state index < -0.39 is 0 Å². The highest BCUT2D eigenvalue weighted by molar-refractivity contribution is 7.09. The molecule has 3 aromatic rings. The lowest BCUT2D eigenvalue weighted by Crippen LogP contribution is -2.30. The second kappa shape index (κ2) is 7.91. The molecule has 2 amide bonds. The number of rotatable bonds is 6. The van der Waals surface area contributed by atoms with Crippen LogP contribution in [0.5, 0.6) is 0 Å². The van der Waals surface area contributed by atoms with Crippen LogP contribution in [0.2, 0.25) is 0 Å². The van der Waals surface area contributed by atoms with Gasteiger partial charge in [-0.1, -0.05) is 24.1 Å². The molecule has 0 bridgehead atoms. The molecule has 1 fully saturated rings. The fourth-order valence-corrected chi connectivity index (χ4v) is 4.03. The van der Waals surface area contributed by atoms with Crippen LogP contribution in [0.25, 0.3) is 0 Å². The van der Waals surface area contributed by atoms with Gasteiger partial charge in [-0.05, 0) is 31.2 Å². The molecule has 2 N–H and O–H groups in total. The molecule has 0 aromatic carbocycles. The standard InChI is InChI=1S/C18H22N6O2S/c1-12-10-20-24(13-5-2-3-6-13)17(12)22-18(25)19-11-15-21-16(26-23-15)9-14-7-4-8-27-14/h4,7-8,10,13H,2-3,5-6,9,11H2,1H3,(H2,19,22,25). The van der Waals surface area contributed by atoms with Crippen molar-refractivity contribution in [1.82, 2.24) is 25.2 Å². The average Bonchev–Trinajstić information content (AvgIpc) is 3.43. The Hall–Kier alpha value is -2.68. The average molecular weight is 386 g/mol. The molecule has 0 unspecified atom stereocenters. The van der Waals surface area contributed by atoms with Crippen molar-refractivity contribution >= 4 is 23.2 Å². The zero-order chi connectivity index (χ0) is 18.6. The van der Waals surface area contributed by atoms with Crippen LogP contribution >= 0.6 is 11.3 Å². The van der Waals surface area contributed by atoms with Crippen molar-refractivity contribution in [3.05, 3.63) is 45.9 Å². The summed E-state index contributed by atoms with van der Waals surface area (Å²) in [5.41, 5.74) is 0.954. The van der Waals surface area contributed by atoms with Crippen LogP contribution in [0.1, 0.15) is 53.9 Å². The van der Waals surface area contributed by atoms with Gasteiger partial charge >= 0.3 is 6.03 Å². The topological polar surface area (TPSA) is 97.9 Å². The number of carbonyl (C=O) groups is 1. The summed E-state index contributed by atoms with van der Waals surface area (Å²) in [6.45, 7) is 2.15. The van der Waals surface area contributed by atoms with Crippen molar-refractivity contribution in [2.75, 3.05) is 5.32 Å². The lowest BCUT2D eigenvalue weighted by Gasteiger charge is -2.15. The van der Waals surface area contributed by atoms with Crippen LogP contribution in [0.15, 0.2) is 28.2 Å². The summed E-state index contributed by atoms with van der Waals surface area (Å²) in [6, 6.07) is 4.07. The third kappa shape index (κ3) is 4.19. The number of aryl methyl sites for hydroxylation is 1. The lowest BCUT2D eigenvalue weighted by atomic mass is 10.2. The molecule has 0 atom stereocenters. The molecule has 27 heavy (non-hydrogen) atoms. The van der Waals surface area contributed by atoms with Crippen LogP contribution < -0.4 is 10.6 Å². The molecule has 0 spiro atoms. The zero-order valence-electron chi connectivity index (χ0n) is 15.1. The van der Waals surface area contributed by atoms with E-state index in [1.54, 1.807) is 17.5 Å². The molecule has 3 aromatic heterocycles. The Balaban J connectivity index is 1.33. The maximum absolute atomic E-state index is 12.3. The fraction of sp³-hybridized carbons (Fsp3) is 0.444. The summed E-state index contributed by atoms with van der Waals surface area (Å²) in [7, 11) is 0. The molecule has 142 valence electrons. The van der Waals surface area contributed by atoms with Crippen molar-refractivity contribution < 1.29 is 9.32 Å². The van der Waals surface area contributed by atoms with E-state index in [2.05, 4.69) is 25.9 Å². The number of hydrogen-bond acceptors (Lipinski definition) is 6. The molecule has 0 radical (unpaired) electrons. The Morgan fingerprint density at radius 3 is 3.04 bits per heavy atom. The number of aromatic nitrogens is 4. The molecule has 1 aliphatic carbocycles. The minimum absolute atomic E-state index is 0.205. The van der Waals surface area contributed by atoms with Gasteiger partial charge in [0.05, 0.1) is 25.2 Å². The maximum Gasteiger partial charge on any atom is 0.320 e.